The van der Waals surface area contributed by atoms with Gasteiger partial charge in [0.25, 0.3) is 0 Å². The minimum absolute atomic E-state index is 0. The Morgan fingerprint density at radius 2 is 2.07 bits per heavy atom. The zero-order chi connectivity index (χ0) is 9.68. The summed E-state index contributed by atoms with van der Waals surface area (Å²) in [4.78, 5) is 0. The highest BCUT2D eigenvalue weighted by molar-refractivity contribution is 5.85. The second kappa shape index (κ2) is 6.36. The van der Waals surface area contributed by atoms with Gasteiger partial charge in [-0.1, -0.05) is 18.2 Å². The van der Waals surface area contributed by atoms with Crippen LogP contribution in [0.1, 0.15) is 23.6 Å². The number of hydrogen-bond acceptors (Lipinski definition) is 2. The van der Waals surface area contributed by atoms with Crippen molar-refractivity contribution in [2.75, 3.05) is 6.67 Å². The van der Waals surface area contributed by atoms with Crippen LogP contribution in [-0.2, 0) is 0 Å². The quantitative estimate of drug-likeness (QED) is 0.840. The first-order chi connectivity index (χ1) is 6.29. The van der Waals surface area contributed by atoms with Crippen LogP contribution < -0.4 is 5.73 Å². The molecule has 1 atom stereocenters. The smallest absolute Gasteiger partial charge is 0.0995 e. The van der Waals surface area contributed by atoms with Gasteiger partial charge >= 0.3 is 0 Å². The van der Waals surface area contributed by atoms with Crippen LogP contribution in [0.25, 0.3) is 0 Å². The summed E-state index contributed by atoms with van der Waals surface area (Å²) in [7, 11) is 0. The van der Waals surface area contributed by atoms with Crippen LogP contribution in [0.2, 0.25) is 0 Å². The van der Waals surface area contributed by atoms with Gasteiger partial charge in [-0.05, 0) is 18.1 Å². The molecular formula is C10H12ClFN2. The van der Waals surface area contributed by atoms with Crippen molar-refractivity contribution in [3.05, 3.63) is 35.4 Å². The van der Waals surface area contributed by atoms with Crippen molar-refractivity contribution in [2.45, 2.75) is 12.5 Å². The first-order valence-electron chi connectivity index (χ1n) is 4.10. The molecule has 14 heavy (non-hydrogen) atoms. The molecule has 4 heteroatoms. The third-order valence-corrected chi connectivity index (χ3v) is 1.90. The van der Waals surface area contributed by atoms with Crippen LogP contribution >= 0.6 is 12.4 Å². The summed E-state index contributed by atoms with van der Waals surface area (Å²) >= 11 is 0. The highest BCUT2D eigenvalue weighted by Crippen LogP contribution is 2.17. The fourth-order valence-corrected chi connectivity index (χ4v) is 1.20. The molecule has 0 radical (unpaired) electrons. The number of halogens is 2. The topological polar surface area (TPSA) is 49.8 Å². The zero-order valence-electron chi connectivity index (χ0n) is 7.61. The highest BCUT2D eigenvalue weighted by Gasteiger charge is 2.09. The average Bonchev–Trinajstić information content (AvgIpc) is 2.18. The largest absolute Gasteiger partial charge is 0.324 e. The minimum atomic E-state index is -0.457. The summed E-state index contributed by atoms with van der Waals surface area (Å²) in [6, 6.07) is 8.68. The van der Waals surface area contributed by atoms with Gasteiger partial charge in [-0.3, -0.25) is 4.39 Å². The number of hydrogen-bond donors (Lipinski definition) is 1. The molecule has 0 saturated carbocycles. The van der Waals surface area contributed by atoms with Crippen LogP contribution in [0.4, 0.5) is 4.39 Å². The van der Waals surface area contributed by atoms with Crippen molar-refractivity contribution in [1.29, 1.82) is 5.26 Å². The van der Waals surface area contributed by atoms with Crippen LogP contribution in [-0.4, -0.2) is 6.67 Å². The molecule has 0 aliphatic carbocycles. The normalized spacial score (nSPS) is 11.2. The van der Waals surface area contributed by atoms with Crippen LogP contribution in [0.3, 0.4) is 0 Å². The molecule has 2 N–H and O–H groups in total. The van der Waals surface area contributed by atoms with Gasteiger partial charge < -0.3 is 5.73 Å². The van der Waals surface area contributed by atoms with Crippen molar-refractivity contribution < 1.29 is 4.39 Å². The molecular weight excluding hydrogens is 203 g/mol. The van der Waals surface area contributed by atoms with E-state index < -0.39 is 6.67 Å². The Kier molecular flexibility index (Phi) is 5.86. The Balaban J connectivity index is 0.00000169. The van der Waals surface area contributed by atoms with E-state index in [0.717, 1.165) is 5.56 Å². The van der Waals surface area contributed by atoms with Gasteiger partial charge in [0.1, 0.15) is 0 Å². The van der Waals surface area contributed by atoms with E-state index in [2.05, 4.69) is 0 Å². The van der Waals surface area contributed by atoms with Gasteiger partial charge in [0.15, 0.2) is 0 Å². The number of rotatable bonds is 3. The van der Waals surface area contributed by atoms with Crippen molar-refractivity contribution >= 4 is 12.4 Å². The van der Waals surface area contributed by atoms with Gasteiger partial charge in [-0.15, -0.1) is 12.4 Å². The van der Waals surface area contributed by atoms with E-state index in [9.17, 15) is 4.39 Å². The Morgan fingerprint density at radius 1 is 1.43 bits per heavy atom. The maximum Gasteiger partial charge on any atom is 0.0995 e. The van der Waals surface area contributed by atoms with E-state index in [-0.39, 0.29) is 24.9 Å². The molecule has 1 rings (SSSR count). The summed E-state index contributed by atoms with van der Waals surface area (Å²) in [5, 5.41) is 8.74. The molecule has 0 aliphatic rings. The summed E-state index contributed by atoms with van der Waals surface area (Å²) < 4.78 is 12.0. The minimum Gasteiger partial charge on any atom is -0.324 e. The fraction of sp³-hybridized carbons (Fsp3) is 0.300. The third kappa shape index (κ3) is 2.99. The standard InChI is InChI=1S/C10H11FN2.ClH/c11-6-5-10(13)9-4-2-1-3-8(9)7-12;/h1-4,10H,5-6,13H2;1H/t10-;/m1./s1. The van der Waals surface area contributed by atoms with E-state index in [0.29, 0.717) is 5.56 Å². The van der Waals surface area contributed by atoms with Crippen molar-refractivity contribution in [3.8, 4) is 6.07 Å². The summed E-state index contributed by atoms with van der Waals surface area (Å²) in [5.41, 5.74) is 6.95. The predicted molar refractivity (Wildman–Crippen MR) is 55.9 cm³/mol. The molecule has 0 aliphatic heterocycles. The SMILES string of the molecule is Cl.N#Cc1ccccc1[C@H](N)CCF. The van der Waals surface area contributed by atoms with Gasteiger partial charge in [-0.2, -0.15) is 5.26 Å². The number of benzene rings is 1. The molecule has 76 valence electrons. The molecule has 0 aromatic heterocycles. The molecule has 0 amide bonds. The molecule has 0 saturated heterocycles. The second-order valence-corrected chi connectivity index (χ2v) is 2.78. The summed E-state index contributed by atoms with van der Waals surface area (Å²) in [6.45, 7) is -0.457. The summed E-state index contributed by atoms with van der Waals surface area (Å²) in [6.07, 6.45) is 0.263. The highest BCUT2D eigenvalue weighted by atomic mass is 35.5. The molecule has 0 fully saturated rings. The Bertz CT molecular complexity index is 322. The van der Waals surface area contributed by atoms with Crippen LogP contribution in [0.15, 0.2) is 24.3 Å². The van der Waals surface area contributed by atoms with Crippen LogP contribution in [0, 0.1) is 11.3 Å². The number of nitrogens with zero attached hydrogens (tertiary/aromatic N) is 1. The van der Waals surface area contributed by atoms with Gasteiger partial charge in [0, 0.05) is 6.04 Å². The lowest BCUT2D eigenvalue weighted by molar-refractivity contribution is 0.441. The van der Waals surface area contributed by atoms with Crippen molar-refractivity contribution in [1.82, 2.24) is 0 Å². The zero-order valence-corrected chi connectivity index (χ0v) is 8.43. The van der Waals surface area contributed by atoms with E-state index in [1.54, 1.807) is 24.3 Å². The van der Waals surface area contributed by atoms with Crippen molar-refractivity contribution in [3.63, 3.8) is 0 Å². The molecule has 0 bridgehead atoms. The maximum atomic E-state index is 12.0. The lowest BCUT2D eigenvalue weighted by atomic mass is 10.00. The first-order valence-corrected chi connectivity index (χ1v) is 4.10. The molecule has 0 heterocycles. The maximum absolute atomic E-state index is 12.0. The van der Waals surface area contributed by atoms with Gasteiger partial charge in [0.05, 0.1) is 18.3 Å². The van der Waals surface area contributed by atoms with E-state index in [1.807, 2.05) is 6.07 Å². The molecule has 0 spiro atoms. The molecule has 1 aromatic rings. The van der Waals surface area contributed by atoms with Gasteiger partial charge in [0.2, 0.25) is 0 Å². The van der Waals surface area contributed by atoms with E-state index in [1.165, 1.54) is 0 Å². The van der Waals surface area contributed by atoms with E-state index in [4.69, 9.17) is 11.0 Å². The number of nitrogens with two attached hydrogens (primary N) is 1. The fourth-order valence-electron chi connectivity index (χ4n) is 1.20. The van der Waals surface area contributed by atoms with Crippen LogP contribution in [0.5, 0.6) is 0 Å². The molecule has 1 aromatic carbocycles. The van der Waals surface area contributed by atoms with Crippen molar-refractivity contribution in [2.24, 2.45) is 5.73 Å². The Morgan fingerprint density at radius 3 is 2.64 bits per heavy atom. The number of nitriles is 1. The lowest BCUT2D eigenvalue weighted by Gasteiger charge is -2.10. The molecule has 2 nitrogen and oxygen atoms in total. The van der Waals surface area contributed by atoms with Gasteiger partial charge in [-0.25, -0.2) is 0 Å². The van der Waals surface area contributed by atoms with E-state index >= 15 is 0 Å². The summed E-state index contributed by atoms with van der Waals surface area (Å²) in [5.74, 6) is 0. The Labute approximate surface area is 88.9 Å². The first kappa shape index (κ1) is 12.9. The number of alkyl halides is 1. The second-order valence-electron chi connectivity index (χ2n) is 2.78. The lowest BCUT2D eigenvalue weighted by Crippen LogP contribution is -2.12. The average molecular weight is 215 g/mol. The predicted octanol–water partition coefficient (Wildman–Crippen LogP) is 2.34. The Hall–Kier alpha value is -1.11. The monoisotopic (exact) mass is 214 g/mol. The third-order valence-electron chi connectivity index (χ3n) is 1.90. The molecule has 0 unspecified atom stereocenters.